The average Bonchev–Trinajstić information content (AvgIpc) is 2.34. The van der Waals surface area contributed by atoms with Gasteiger partial charge in [-0.3, -0.25) is 14.9 Å². The van der Waals surface area contributed by atoms with Crippen LogP contribution in [-0.4, -0.2) is 26.2 Å². The average molecular weight is 281 g/mol. The molecule has 0 aliphatic carbocycles. The Hall–Kier alpha value is -2.14. The zero-order valence-electron chi connectivity index (χ0n) is 10.2. The van der Waals surface area contributed by atoms with E-state index in [4.69, 9.17) is 10.4 Å². The predicted octanol–water partition coefficient (Wildman–Crippen LogP) is 2.06. The van der Waals surface area contributed by atoms with Crippen molar-refractivity contribution in [3.63, 3.8) is 0 Å². The van der Waals surface area contributed by atoms with Crippen molar-refractivity contribution < 1.29 is 14.8 Å². The molecule has 0 aliphatic heterocycles. The fourth-order valence-corrected chi connectivity index (χ4v) is 2.25. The summed E-state index contributed by atoms with van der Waals surface area (Å²) in [7, 11) is 0. The van der Waals surface area contributed by atoms with Crippen molar-refractivity contribution in [1.29, 1.82) is 5.26 Å². The van der Waals surface area contributed by atoms with Gasteiger partial charge in [-0.25, -0.2) is 4.98 Å². The van der Waals surface area contributed by atoms with E-state index in [1.165, 1.54) is 6.07 Å². The third kappa shape index (κ3) is 3.66. The number of carbonyl (C=O) groups is 1. The number of carboxylic acid groups (broad SMARTS) is 1. The molecule has 0 saturated heterocycles. The van der Waals surface area contributed by atoms with Crippen LogP contribution in [0, 0.1) is 27.4 Å². The lowest BCUT2D eigenvalue weighted by atomic mass is 10.1. The highest BCUT2D eigenvalue weighted by Crippen LogP contribution is 2.29. The van der Waals surface area contributed by atoms with E-state index in [0.717, 1.165) is 17.8 Å². The zero-order chi connectivity index (χ0) is 14.6. The van der Waals surface area contributed by atoms with Crippen molar-refractivity contribution in [3.8, 4) is 6.07 Å². The highest BCUT2D eigenvalue weighted by Gasteiger charge is 2.24. The number of hydrogen-bond acceptors (Lipinski definition) is 6. The van der Waals surface area contributed by atoms with E-state index in [1.54, 1.807) is 19.9 Å². The molecular formula is C11H11N3O4S. The van der Waals surface area contributed by atoms with Crippen molar-refractivity contribution in [2.45, 2.75) is 24.1 Å². The number of nitrogens with zero attached hydrogens (tertiary/aromatic N) is 3. The van der Waals surface area contributed by atoms with E-state index < -0.39 is 16.1 Å². The largest absolute Gasteiger partial charge is 0.480 e. The molecule has 1 atom stereocenters. The predicted molar refractivity (Wildman–Crippen MR) is 67.7 cm³/mol. The van der Waals surface area contributed by atoms with Gasteiger partial charge in [-0.1, -0.05) is 25.6 Å². The molecule has 1 aromatic rings. The maximum absolute atomic E-state index is 11.1. The molecular weight excluding hydrogens is 270 g/mol. The molecule has 0 radical (unpaired) electrons. The maximum atomic E-state index is 11.1. The fourth-order valence-electron chi connectivity index (χ4n) is 1.33. The third-order valence-corrected chi connectivity index (χ3v) is 3.72. The summed E-state index contributed by atoms with van der Waals surface area (Å²) in [6, 6.07) is 4.14. The second-order valence-electron chi connectivity index (χ2n) is 4.01. The van der Waals surface area contributed by atoms with Gasteiger partial charge in [-0.05, 0) is 12.0 Å². The molecule has 0 bridgehead atoms. The van der Waals surface area contributed by atoms with Crippen LogP contribution in [0.5, 0.6) is 0 Å². The van der Waals surface area contributed by atoms with Crippen molar-refractivity contribution in [2.75, 3.05) is 0 Å². The molecule has 1 aromatic heterocycles. The second kappa shape index (κ2) is 6.15. The maximum Gasteiger partial charge on any atom is 0.317 e. The standard InChI is InChI=1S/C11H11N3O4S/c1-6(2)10(11(15)16)19-9-4-3-8(14(17)18)7(5-12)13-9/h3-4,6,10H,1-2H3,(H,15,16). The van der Waals surface area contributed by atoms with Crippen LogP contribution in [0.1, 0.15) is 19.5 Å². The first-order chi connectivity index (χ1) is 8.86. The molecule has 0 spiro atoms. The number of pyridine rings is 1. The van der Waals surface area contributed by atoms with Crippen LogP contribution in [-0.2, 0) is 4.79 Å². The first-order valence-corrected chi connectivity index (χ1v) is 6.19. The smallest absolute Gasteiger partial charge is 0.317 e. The summed E-state index contributed by atoms with van der Waals surface area (Å²) in [5.74, 6) is -1.12. The van der Waals surface area contributed by atoms with Gasteiger partial charge in [-0.15, -0.1) is 0 Å². The summed E-state index contributed by atoms with van der Waals surface area (Å²) < 4.78 is 0. The molecule has 0 saturated carbocycles. The Morgan fingerprint density at radius 1 is 1.58 bits per heavy atom. The minimum absolute atomic E-state index is 0.134. The lowest BCUT2D eigenvalue weighted by Crippen LogP contribution is -2.22. The molecule has 0 amide bonds. The van der Waals surface area contributed by atoms with Crippen LogP contribution in [0.15, 0.2) is 17.2 Å². The van der Waals surface area contributed by atoms with E-state index >= 15 is 0 Å². The highest BCUT2D eigenvalue weighted by atomic mass is 32.2. The van der Waals surface area contributed by atoms with Crippen molar-refractivity contribution in [2.24, 2.45) is 5.92 Å². The molecule has 100 valence electrons. The number of hydrogen-bond donors (Lipinski definition) is 1. The van der Waals surface area contributed by atoms with Crippen LogP contribution in [0.3, 0.4) is 0 Å². The zero-order valence-corrected chi connectivity index (χ0v) is 11.0. The normalized spacial score (nSPS) is 11.9. The van der Waals surface area contributed by atoms with E-state index in [-0.39, 0.29) is 22.3 Å². The molecule has 0 aliphatic rings. The minimum Gasteiger partial charge on any atom is -0.480 e. The number of aromatic nitrogens is 1. The Balaban J connectivity index is 3.07. The number of nitro groups is 1. The summed E-state index contributed by atoms with van der Waals surface area (Å²) in [5.41, 5.74) is -0.703. The van der Waals surface area contributed by atoms with Gasteiger partial charge < -0.3 is 5.11 Å². The molecule has 7 nitrogen and oxygen atoms in total. The topological polar surface area (TPSA) is 117 Å². The van der Waals surface area contributed by atoms with Crippen LogP contribution < -0.4 is 0 Å². The lowest BCUT2D eigenvalue weighted by Gasteiger charge is -2.14. The monoisotopic (exact) mass is 281 g/mol. The van der Waals surface area contributed by atoms with E-state index in [2.05, 4.69) is 4.98 Å². The van der Waals surface area contributed by atoms with Gasteiger partial charge >= 0.3 is 11.7 Å². The van der Waals surface area contributed by atoms with Gasteiger partial charge in [0.05, 0.1) is 9.95 Å². The van der Waals surface area contributed by atoms with Crippen molar-refractivity contribution >= 4 is 23.4 Å². The van der Waals surface area contributed by atoms with E-state index in [0.29, 0.717) is 0 Å². The summed E-state index contributed by atoms with van der Waals surface area (Å²) >= 11 is 0.971. The van der Waals surface area contributed by atoms with E-state index in [9.17, 15) is 14.9 Å². The number of carboxylic acids is 1. The van der Waals surface area contributed by atoms with Crippen LogP contribution >= 0.6 is 11.8 Å². The molecule has 1 rings (SSSR count). The first-order valence-electron chi connectivity index (χ1n) is 5.31. The Kier molecular flexibility index (Phi) is 4.83. The molecule has 1 unspecified atom stereocenters. The molecule has 0 fully saturated rings. The Morgan fingerprint density at radius 2 is 2.21 bits per heavy atom. The summed E-state index contributed by atoms with van der Waals surface area (Å²) in [4.78, 5) is 24.8. The number of aliphatic carboxylic acids is 1. The van der Waals surface area contributed by atoms with E-state index in [1.807, 2.05) is 0 Å². The Morgan fingerprint density at radius 3 is 2.63 bits per heavy atom. The molecule has 1 N–H and O–H groups in total. The van der Waals surface area contributed by atoms with Crippen LogP contribution in [0.25, 0.3) is 0 Å². The lowest BCUT2D eigenvalue weighted by molar-refractivity contribution is -0.385. The first kappa shape index (κ1) is 14.9. The van der Waals surface area contributed by atoms with Crippen LogP contribution in [0.2, 0.25) is 0 Å². The van der Waals surface area contributed by atoms with Gasteiger partial charge in [0, 0.05) is 6.07 Å². The van der Waals surface area contributed by atoms with Gasteiger partial charge in [0.2, 0.25) is 5.69 Å². The fraction of sp³-hybridized carbons (Fsp3) is 0.364. The summed E-state index contributed by atoms with van der Waals surface area (Å²) in [6.45, 7) is 3.50. The molecule has 1 heterocycles. The van der Waals surface area contributed by atoms with Crippen molar-refractivity contribution in [3.05, 3.63) is 27.9 Å². The Bertz CT molecular complexity index is 553. The molecule has 8 heteroatoms. The minimum atomic E-state index is -0.987. The van der Waals surface area contributed by atoms with Gasteiger partial charge in [0.25, 0.3) is 0 Å². The van der Waals surface area contributed by atoms with Crippen LogP contribution in [0.4, 0.5) is 5.69 Å². The summed E-state index contributed by atoms with van der Waals surface area (Å²) in [5, 5.41) is 28.1. The summed E-state index contributed by atoms with van der Waals surface area (Å²) in [6.07, 6.45) is 0. The number of nitriles is 1. The van der Waals surface area contributed by atoms with Gasteiger partial charge in [-0.2, -0.15) is 5.26 Å². The third-order valence-electron chi connectivity index (χ3n) is 2.25. The molecule has 0 aromatic carbocycles. The van der Waals surface area contributed by atoms with Gasteiger partial charge in [0.1, 0.15) is 11.3 Å². The number of thioether (sulfide) groups is 1. The highest BCUT2D eigenvalue weighted by molar-refractivity contribution is 8.00. The quantitative estimate of drug-likeness (QED) is 0.498. The SMILES string of the molecule is CC(C)C(Sc1ccc([N+](=O)[O-])c(C#N)n1)C(=O)O. The molecule has 19 heavy (non-hydrogen) atoms. The van der Waals surface area contributed by atoms with Gasteiger partial charge in [0.15, 0.2) is 0 Å². The van der Waals surface area contributed by atoms with Crippen molar-refractivity contribution in [1.82, 2.24) is 4.98 Å². The second-order valence-corrected chi connectivity index (χ2v) is 5.17. The number of rotatable bonds is 5. The Labute approximate surface area is 113 Å².